The smallest absolute Gasteiger partial charge is 0.0280 e. The van der Waals surface area contributed by atoms with Gasteiger partial charge < -0.3 is 0 Å². The summed E-state index contributed by atoms with van der Waals surface area (Å²) >= 11 is 0. The van der Waals surface area contributed by atoms with E-state index in [-0.39, 0.29) is 0 Å². The van der Waals surface area contributed by atoms with E-state index >= 15 is 0 Å². The number of allylic oxidation sites excluding steroid dienone is 5. The lowest BCUT2D eigenvalue weighted by molar-refractivity contribution is 0.953. The van der Waals surface area contributed by atoms with Crippen LogP contribution >= 0.6 is 0 Å². The molecule has 0 fully saturated rings. The molecule has 0 nitrogen and oxygen atoms in total. The van der Waals surface area contributed by atoms with Crippen molar-refractivity contribution in [3.8, 4) is 12.3 Å². The molecule has 0 saturated heterocycles. The molecule has 0 heterocycles. The Morgan fingerprint density at radius 3 is 2.60 bits per heavy atom. The quantitative estimate of drug-likeness (QED) is 0.648. The van der Waals surface area contributed by atoms with Gasteiger partial charge in [0.2, 0.25) is 0 Å². The Morgan fingerprint density at radius 1 is 1.00 bits per heavy atom. The molecule has 2 aromatic rings. The van der Waals surface area contributed by atoms with Crippen LogP contribution in [-0.4, -0.2) is 0 Å². The van der Waals surface area contributed by atoms with Crippen molar-refractivity contribution >= 4 is 6.08 Å². The van der Waals surface area contributed by atoms with Crippen LogP contribution in [0.4, 0.5) is 0 Å². The standard InChI is InChI=1S/C25H22/c1-3-21-13-18(2)14-25(21)24-16-22-12-11-20(15-23(22)17-24)10-9-19-7-5-4-6-8-19/h1,4-8,11-15,17-18H,9-10,16H2,2H3. The largest absolute Gasteiger partial charge is 0.115 e. The van der Waals surface area contributed by atoms with E-state index < -0.39 is 0 Å². The van der Waals surface area contributed by atoms with Crippen LogP contribution in [0.25, 0.3) is 6.08 Å². The molecule has 2 aromatic carbocycles. The van der Waals surface area contributed by atoms with Crippen LogP contribution in [-0.2, 0) is 19.3 Å². The molecule has 2 aliphatic carbocycles. The average molecular weight is 322 g/mol. The van der Waals surface area contributed by atoms with Gasteiger partial charge in [0.25, 0.3) is 0 Å². The molecule has 0 bridgehead atoms. The molecular formula is C25H22. The predicted molar refractivity (Wildman–Crippen MR) is 106 cm³/mol. The van der Waals surface area contributed by atoms with Crippen LogP contribution in [0.1, 0.15) is 29.2 Å². The van der Waals surface area contributed by atoms with Gasteiger partial charge in [0.1, 0.15) is 0 Å². The molecule has 0 spiro atoms. The summed E-state index contributed by atoms with van der Waals surface area (Å²) in [6.45, 7) is 2.19. The molecule has 0 heteroatoms. The zero-order valence-corrected chi connectivity index (χ0v) is 14.6. The SMILES string of the molecule is C#CC1=CC(C)C=C1C1=Cc2cc(CCc3ccccc3)ccc2C1. The number of hydrogen-bond donors (Lipinski definition) is 0. The monoisotopic (exact) mass is 322 g/mol. The molecular weight excluding hydrogens is 300 g/mol. The second-order valence-corrected chi connectivity index (χ2v) is 7.03. The maximum absolute atomic E-state index is 5.69. The van der Waals surface area contributed by atoms with Gasteiger partial charge in [0.15, 0.2) is 0 Å². The minimum absolute atomic E-state index is 0.437. The number of hydrogen-bond acceptors (Lipinski definition) is 0. The maximum Gasteiger partial charge on any atom is 0.0280 e. The summed E-state index contributed by atoms with van der Waals surface area (Å²) in [5.41, 5.74) is 9.25. The summed E-state index contributed by atoms with van der Waals surface area (Å²) in [7, 11) is 0. The molecule has 0 saturated carbocycles. The van der Waals surface area contributed by atoms with Crippen LogP contribution in [0.3, 0.4) is 0 Å². The van der Waals surface area contributed by atoms with Crippen molar-refractivity contribution in [3.63, 3.8) is 0 Å². The lowest BCUT2D eigenvalue weighted by Crippen LogP contribution is -1.93. The lowest BCUT2D eigenvalue weighted by atomic mass is 9.98. The van der Waals surface area contributed by atoms with Crippen LogP contribution in [0.15, 0.2) is 77.4 Å². The first-order valence-corrected chi connectivity index (χ1v) is 9.00. The van der Waals surface area contributed by atoms with Crippen LogP contribution in [0, 0.1) is 18.3 Å². The van der Waals surface area contributed by atoms with Crippen LogP contribution < -0.4 is 0 Å². The molecule has 25 heavy (non-hydrogen) atoms. The third kappa shape index (κ3) is 3.24. The number of fused-ring (bicyclic) bond motifs is 1. The van der Waals surface area contributed by atoms with E-state index in [1.54, 1.807) is 0 Å². The zero-order valence-electron chi connectivity index (χ0n) is 14.6. The predicted octanol–water partition coefficient (Wildman–Crippen LogP) is 5.55. The van der Waals surface area contributed by atoms with Crippen molar-refractivity contribution in [1.82, 2.24) is 0 Å². The summed E-state index contributed by atoms with van der Waals surface area (Å²) in [5.74, 6) is 3.29. The van der Waals surface area contributed by atoms with Crippen LogP contribution in [0.5, 0.6) is 0 Å². The second-order valence-electron chi connectivity index (χ2n) is 7.03. The fraction of sp³-hybridized carbons (Fsp3) is 0.200. The maximum atomic E-state index is 5.69. The van der Waals surface area contributed by atoms with Gasteiger partial charge >= 0.3 is 0 Å². The molecule has 0 radical (unpaired) electrons. The van der Waals surface area contributed by atoms with Gasteiger partial charge in [-0.05, 0) is 58.6 Å². The summed E-state index contributed by atoms with van der Waals surface area (Å²) in [6, 6.07) is 17.6. The van der Waals surface area contributed by atoms with Crippen molar-refractivity contribution in [1.29, 1.82) is 0 Å². The minimum atomic E-state index is 0.437. The number of aryl methyl sites for hydroxylation is 2. The summed E-state index contributed by atoms with van der Waals surface area (Å²) < 4.78 is 0. The molecule has 0 aliphatic heterocycles. The Hall–Kier alpha value is -2.78. The Morgan fingerprint density at radius 2 is 1.80 bits per heavy atom. The van der Waals surface area contributed by atoms with Gasteiger partial charge in [-0.1, -0.05) is 79.6 Å². The molecule has 0 aromatic heterocycles. The first-order valence-electron chi connectivity index (χ1n) is 9.00. The van der Waals surface area contributed by atoms with Gasteiger partial charge in [0, 0.05) is 5.57 Å². The Bertz CT molecular complexity index is 930. The van der Waals surface area contributed by atoms with Crippen molar-refractivity contribution in [2.24, 2.45) is 5.92 Å². The first kappa shape index (κ1) is 15.7. The fourth-order valence-electron chi connectivity index (χ4n) is 3.80. The van der Waals surface area contributed by atoms with Crippen molar-refractivity contribution < 1.29 is 0 Å². The first-order chi connectivity index (χ1) is 12.2. The topological polar surface area (TPSA) is 0 Å². The molecule has 0 amide bonds. The summed E-state index contributed by atoms with van der Waals surface area (Å²) in [4.78, 5) is 0. The van der Waals surface area contributed by atoms with E-state index in [9.17, 15) is 0 Å². The molecule has 1 atom stereocenters. The van der Waals surface area contributed by atoms with Crippen molar-refractivity contribution in [2.45, 2.75) is 26.2 Å². The van der Waals surface area contributed by atoms with Gasteiger partial charge in [-0.2, -0.15) is 0 Å². The normalized spacial score (nSPS) is 18.2. The van der Waals surface area contributed by atoms with E-state index in [0.717, 1.165) is 24.8 Å². The highest BCUT2D eigenvalue weighted by Gasteiger charge is 2.21. The molecule has 0 N–H and O–H groups in total. The lowest BCUT2D eigenvalue weighted by Gasteiger charge is -2.06. The highest BCUT2D eigenvalue weighted by Crippen LogP contribution is 2.36. The fourth-order valence-corrected chi connectivity index (χ4v) is 3.80. The van der Waals surface area contributed by atoms with E-state index in [1.165, 1.54) is 33.4 Å². The van der Waals surface area contributed by atoms with E-state index in [0.29, 0.717) is 5.92 Å². The van der Waals surface area contributed by atoms with Gasteiger partial charge in [0.05, 0.1) is 0 Å². The van der Waals surface area contributed by atoms with Crippen molar-refractivity contribution in [2.75, 3.05) is 0 Å². The molecule has 2 aliphatic rings. The van der Waals surface area contributed by atoms with Gasteiger partial charge in [-0.25, -0.2) is 0 Å². The van der Waals surface area contributed by atoms with Crippen molar-refractivity contribution in [3.05, 3.63) is 99.7 Å². The Labute approximate surface area is 150 Å². The summed E-state index contributed by atoms with van der Waals surface area (Å²) in [6.07, 6.45) is 15.7. The number of terminal acetylenes is 1. The number of rotatable bonds is 4. The van der Waals surface area contributed by atoms with Gasteiger partial charge in [-0.15, -0.1) is 6.42 Å². The molecule has 122 valence electrons. The zero-order chi connectivity index (χ0) is 17.2. The van der Waals surface area contributed by atoms with E-state index in [4.69, 9.17) is 6.42 Å². The Balaban J connectivity index is 1.53. The van der Waals surface area contributed by atoms with E-state index in [2.05, 4.69) is 79.6 Å². The third-order valence-electron chi connectivity index (χ3n) is 5.12. The highest BCUT2D eigenvalue weighted by atomic mass is 14.2. The summed E-state index contributed by atoms with van der Waals surface area (Å²) in [5, 5.41) is 0. The van der Waals surface area contributed by atoms with Gasteiger partial charge in [-0.3, -0.25) is 0 Å². The third-order valence-corrected chi connectivity index (χ3v) is 5.12. The second kappa shape index (κ2) is 6.61. The van der Waals surface area contributed by atoms with E-state index in [1.807, 2.05) is 0 Å². The Kier molecular flexibility index (Phi) is 4.16. The minimum Gasteiger partial charge on any atom is -0.115 e. The molecule has 4 rings (SSSR count). The highest BCUT2D eigenvalue weighted by molar-refractivity contribution is 5.74. The number of benzene rings is 2. The van der Waals surface area contributed by atoms with Crippen LogP contribution in [0.2, 0.25) is 0 Å². The average Bonchev–Trinajstić information content (AvgIpc) is 3.23. The molecule has 1 unspecified atom stereocenters.